The van der Waals surface area contributed by atoms with Gasteiger partial charge in [0.2, 0.25) is 0 Å². The summed E-state index contributed by atoms with van der Waals surface area (Å²) in [6.45, 7) is 6.62. The maximum Gasteiger partial charge on any atom is 0.324 e. The topological polar surface area (TPSA) is 35.6 Å². The van der Waals surface area contributed by atoms with Crippen LogP contribution in [0, 0.1) is 0 Å². The van der Waals surface area contributed by atoms with E-state index in [0.29, 0.717) is 0 Å². The summed E-state index contributed by atoms with van der Waals surface area (Å²) in [4.78, 5) is 16.3. The van der Waals surface area contributed by atoms with Crippen LogP contribution in [0.2, 0.25) is 0 Å². The number of benzene rings is 1. The van der Waals surface area contributed by atoms with Crippen LogP contribution in [-0.2, 0) is 0 Å². The first-order valence-electron chi connectivity index (χ1n) is 7.15. The van der Waals surface area contributed by atoms with Crippen LogP contribution in [0.1, 0.15) is 19.8 Å². The lowest BCUT2D eigenvalue weighted by atomic mass is 10.2. The van der Waals surface area contributed by atoms with E-state index in [-0.39, 0.29) is 6.03 Å². The number of hydrogen-bond acceptors (Lipinski definition) is 2. The monoisotopic (exact) mass is 261 g/mol. The minimum absolute atomic E-state index is 0.147. The lowest BCUT2D eigenvalue weighted by molar-refractivity contribution is 0.194. The van der Waals surface area contributed by atoms with Crippen LogP contribution in [0.15, 0.2) is 30.3 Å². The van der Waals surface area contributed by atoms with E-state index < -0.39 is 0 Å². The number of para-hydroxylation sites is 1. The minimum Gasteiger partial charge on any atom is -0.324 e. The van der Waals surface area contributed by atoms with Crippen molar-refractivity contribution < 1.29 is 4.79 Å². The smallest absolute Gasteiger partial charge is 0.324 e. The Morgan fingerprint density at radius 2 is 2.00 bits per heavy atom. The van der Waals surface area contributed by atoms with Crippen molar-refractivity contribution in [2.75, 3.05) is 37.6 Å². The molecular weight excluding hydrogens is 238 g/mol. The van der Waals surface area contributed by atoms with Gasteiger partial charge in [0.05, 0.1) is 0 Å². The highest BCUT2D eigenvalue weighted by molar-refractivity contribution is 5.92. The number of carbonyl (C=O) groups excluding carboxylic acids is 1. The van der Waals surface area contributed by atoms with Crippen LogP contribution >= 0.6 is 0 Å². The fourth-order valence-electron chi connectivity index (χ4n) is 2.41. The fourth-order valence-corrected chi connectivity index (χ4v) is 2.41. The molecule has 0 unspecified atom stereocenters. The Labute approximate surface area is 115 Å². The molecule has 4 nitrogen and oxygen atoms in total. The first-order valence-corrected chi connectivity index (χ1v) is 7.15. The van der Waals surface area contributed by atoms with Crippen molar-refractivity contribution in [3.8, 4) is 0 Å². The lowest BCUT2D eigenvalue weighted by Gasteiger charge is -2.35. The summed E-state index contributed by atoms with van der Waals surface area (Å²) in [6, 6.07) is 10.1. The molecule has 2 rings (SSSR count). The van der Waals surface area contributed by atoms with Crippen molar-refractivity contribution in [1.29, 1.82) is 0 Å². The van der Waals surface area contributed by atoms with E-state index in [1.807, 2.05) is 40.1 Å². The van der Waals surface area contributed by atoms with Gasteiger partial charge in [0.25, 0.3) is 0 Å². The summed E-state index contributed by atoms with van der Waals surface area (Å²) in [5.74, 6) is 0. The van der Waals surface area contributed by atoms with Gasteiger partial charge < -0.3 is 10.2 Å². The molecule has 1 heterocycles. The molecule has 0 aromatic heterocycles. The number of nitrogens with one attached hydrogen (secondary N) is 1. The van der Waals surface area contributed by atoms with Crippen LogP contribution < -0.4 is 10.2 Å². The second-order valence-corrected chi connectivity index (χ2v) is 4.82. The molecule has 1 aromatic carbocycles. The Bertz CT molecular complexity index is 394. The predicted molar refractivity (Wildman–Crippen MR) is 78.5 cm³/mol. The Morgan fingerprint density at radius 1 is 1.21 bits per heavy atom. The highest BCUT2D eigenvalue weighted by Crippen LogP contribution is 2.19. The average molecular weight is 261 g/mol. The summed E-state index contributed by atoms with van der Waals surface area (Å²) < 4.78 is 0. The zero-order valence-corrected chi connectivity index (χ0v) is 11.6. The van der Waals surface area contributed by atoms with Gasteiger partial charge in [0, 0.05) is 25.3 Å². The van der Waals surface area contributed by atoms with Gasteiger partial charge in [0.15, 0.2) is 0 Å². The van der Waals surface area contributed by atoms with Crippen LogP contribution in [0.3, 0.4) is 0 Å². The molecule has 1 fully saturated rings. The number of amides is 2. The van der Waals surface area contributed by atoms with E-state index >= 15 is 0 Å². The van der Waals surface area contributed by atoms with E-state index in [9.17, 15) is 4.79 Å². The summed E-state index contributed by atoms with van der Waals surface area (Å²) in [6.07, 6.45) is 2.06. The van der Waals surface area contributed by atoms with Crippen LogP contribution in [0.4, 0.5) is 10.5 Å². The van der Waals surface area contributed by atoms with Crippen molar-refractivity contribution in [3.05, 3.63) is 30.3 Å². The quantitative estimate of drug-likeness (QED) is 0.798. The molecule has 1 saturated heterocycles. The zero-order valence-electron chi connectivity index (χ0n) is 11.6. The van der Waals surface area contributed by atoms with Crippen LogP contribution in [-0.4, -0.2) is 43.7 Å². The number of hydrogen-bond donors (Lipinski definition) is 1. The summed E-state index contributed by atoms with van der Waals surface area (Å²) in [5.41, 5.74) is 1.00. The number of urea groups is 1. The molecule has 1 N–H and O–H groups in total. The molecule has 0 spiro atoms. The van der Waals surface area contributed by atoms with Gasteiger partial charge in [0.1, 0.15) is 0 Å². The van der Waals surface area contributed by atoms with E-state index in [1.54, 1.807) is 0 Å². The van der Waals surface area contributed by atoms with Gasteiger partial charge in [-0.3, -0.25) is 4.90 Å². The molecule has 0 bridgehead atoms. The van der Waals surface area contributed by atoms with E-state index in [1.165, 1.54) is 0 Å². The highest BCUT2D eigenvalue weighted by atomic mass is 16.2. The first-order chi connectivity index (χ1) is 9.33. The minimum atomic E-state index is 0.147. The molecule has 1 aliphatic rings. The van der Waals surface area contributed by atoms with Crippen molar-refractivity contribution in [3.63, 3.8) is 0 Å². The van der Waals surface area contributed by atoms with E-state index in [2.05, 4.69) is 12.2 Å². The molecule has 104 valence electrons. The average Bonchev–Trinajstić information content (AvgIpc) is 2.46. The summed E-state index contributed by atoms with van der Waals surface area (Å²) in [5, 5.41) is 3.29. The molecule has 4 heteroatoms. The third-order valence-electron chi connectivity index (χ3n) is 3.41. The highest BCUT2D eigenvalue weighted by Gasteiger charge is 2.25. The summed E-state index contributed by atoms with van der Waals surface area (Å²) in [7, 11) is 0. The number of nitrogens with zero attached hydrogens (tertiary/aromatic N) is 2. The molecule has 1 aliphatic heterocycles. The van der Waals surface area contributed by atoms with Gasteiger partial charge in [-0.15, -0.1) is 0 Å². The normalized spacial score (nSPS) is 15.9. The van der Waals surface area contributed by atoms with Gasteiger partial charge in [-0.25, -0.2) is 4.79 Å². The van der Waals surface area contributed by atoms with Crippen molar-refractivity contribution >= 4 is 11.7 Å². The molecule has 19 heavy (non-hydrogen) atoms. The number of anilines is 1. The van der Waals surface area contributed by atoms with Gasteiger partial charge in [-0.05, 0) is 38.1 Å². The summed E-state index contributed by atoms with van der Waals surface area (Å²) >= 11 is 0. The Morgan fingerprint density at radius 3 is 2.74 bits per heavy atom. The number of carbonyl (C=O) groups is 1. The molecule has 0 radical (unpaired) electrons. The largest absolute Gasteiger partial charge is 0.324 e. The van der Waals surface area contributed by atoms with E-state index in [0.717, 1.165) is 51.3 Å². The van der Waals surface area contributed by atoms with Crippen LogP contribution in [0.25, 0.3) is 0 Å². The van der Waals surface area contributed by atoms with Crippen molar-refractivity contribution in [2.24, 2.45) is 0 Å². The molecule has 1 aromatic rings. The van der Waals surface area contributed by atoms with Gasteiger partial charge in [-0.2, -0.15) is 0 Å². The maximum atomic E-state index is 12.4. The Hall–Kier alpha value is -1.55. The number of rotatable bonds is 6. The Balaban J connectivity index is 1.91. The molecule has 0 saturated carbocycles. The second kappa shape index (κ2) is 7.14. The molecule has 0 atom stereocenters. The predicted octanol–water partition coefficient (Wildman–Crippen LogP) is 2.32. The molecule has 0 aliphatic carbocycles. The lowest BCUT2D eigenvalue weighted by Crippen LogP contribution is -2.50. The first kappa shape index (κ1) is 13.9. The Kier molecular flexibility index (Phi) is 5.21. The van der Waals surface area contributed by atoms with Crippen molar-refractivity contribution in [2.45, 2.75) is 19.8 Å². The van der Waals surface area contributed by atoms with Crippen LogP contribution in [0.5, 0.6) is 0 Å². The SMILES string of the molecule is CCNCCCN1CCCN(c2ccccc2)C1=O. The maximum absolute atomic E-state index is 12.4. The molecular formula is C15H23N3O. The van der Waals surface area contributed by atoms with Crippen molar-refractivity contribution in [1.82, 2.24) is 10.2 Å². The second-order valence-electron chi connectivity index (χ2n) is 4.82. The van der Waals surface area contributed by atoms with E-state index in [4.69, 9.17) is 0 Å². The van der Waals surface area contributed by atoms with Gasteiger partial charge >= 0.3 is 6.03 Å². The van der Waals surface area contributed by atoms with Gasteiger partial charge in [-0.1, -0.05) is 25.1 Å². The third kappa shape index (κ3) is 3.70. The fraction of sp³-hybridized carbons (Fsp3) is 0.533. The zero-order chi connectivity index (χ0) is 13.5. The standard InChI is InChI=1S/C15H23N3O/c1-2-16-10-6-11-17-12-7-13-18(15(17)19)14-8-4-3-5-9-14/h3-5,8-9,16H,2,6-7,10-13H2,1H3. The third-order valence-corrected chi connectivity index (χ3v) is 3.41. The molecule has 2 amide bonds.